The fourth-order valence-corrected chi connectivity index (χ4v) is 5.81. The molecular weight excluding hydrogens is 312 g/mol. The molecule has 0 aliphatic carbocycles. The number of nitrogens with zero attached hydrogens (tertiary/aromatic N) is 2. The Kier molecular flexibility index (Phi) is 6.95. The molecule has 0 saturated heterocycles. The lowest BCUT2D eigenvalue weighted by molar-refractivity contribution is 0.211. The van der Waals surface area contributed by atoms with Crippen LogP contribution in [-0.4, -0.2) is 36.9 Å². The van der Waals surface area contributed by atoms with Crippen LogP contribution < -0.4 is 0 Å². The molecule has 1 radical (unpaired) electrons. The minimum atomic E-state index is -1.22. The van der Waals surface area contributed by atoms with E-state index in [9.17, 15) is 0 Å². The van der Waals surface area contributed by atoms with E-state index >= 15 is 0 Å². The van der Waals surface area contributed by atoms with Gasteiger partial charge < -0.3 is 13.4 Å². The molecule has 6 heteroatoms. The molecule has 22 heavy (non-hydrogen) atoms. The van der Waals surface area contributed by atoms with Gasteiger partial charge in [-0.2, -0.15) is 0 Å². The summed E-state index contributed by atoms with van der Waals surface area (Å²) in [6.45, 7) is 9.79. The highest BCUT2D eigenvalue weighted by Gasteiger charge is 2.27. The molecule has 4 nitrogen and oxygen atoms in total. The number of aromatic nitrogens is 2. The first-order chi connectivity index (χ1) is 10.7. The van der Waals surface area contributed by atoms with Gasteiger partial charge in [0.15, 0.2) is 0 Å². The first kappa shape index (κ1) is 17.5. The normalized spacial score (nSPS) is 13.1. The zero-order valence-electron chi connectivity index (χ0n) is 13.8. The van der Waals surface area contributed by atoms with Crippen LogP contribution in [0.1, 0.15) is 33.0 Å². The molecule has 0 aliphatic rings. The molecule has 0 fully saturated rings. The zero-order valence-corrected chi connectivity index (χ0v) is 15.7. The van der Waals surface area contributed by atoms with Gasteiger partial charge in [-0.15, -0.1) is 11.8 Å². The molecule has 1 atom stereocenters. The second kappa shape index (κ2) is 8.72. The number of hydrogen-bond donors (Lipinski definition) is 0. The second-order valence-electron chi connectivity index (χ2n) is 4.95. The molecule has 0 spiro atoms. The van der Waals surface area contributed by atoms with E-state index in [2.05, 4.69) is 41.6 Å². The van der Waals surface area contributed by atoms with Gasteiger partial charge in [0.2, 0.25) is 0 Å². The lowest BCUT2D eigenvalue weighted by Gasteiger charge is -2.22. The van der Waals surface area contributed by atoms with E-state index in [0.29, 0.717) is 4.87 Å². The fraction of sp³-hybridized carbons (Fsp3) is 0.562. The molecule has 2 rings (SSSR count). The third-order valence-corrected chi connectivity index (χ3v) is 7.76. The minimum Gasteiger partial charge on any atom is -0.393 e. The Bertz CT molecular complexity index is 585. The van der Waals surface area contributed by atoms with E-state index in [1.807, 2.05) is 31.7 Å². The van der Waals surface area contributed by atoms with Crippen LogP contribution >= 0.6 is 11.8 Å². The maximum absolute atomic E-state index is 5.86. The molecule has 0 amide bonds. The van der Waals surface area contributed by atoms with Crippen molar-refractivity contribution in [2.75, 3.05) is 13.2 Å². The van der Waals surface area contributed by atoms with Gasteiger partial charge in [0.05, 0.1) is 21.8 Å². The minimum absolute atomic E-state index is 0.422. The van der Waals surface area contributed by atoms with E-state index in [1.165, 1.54) is 5.52 Å². The molecule has 2 aromatic rings. The molecule has 0 bridgehead atoms. The molecule has 121 valence electrons. The van der Waals surface area contributed by atoms with Crippen molar-refractivity contribution in [1.82, 2.24) is 9.55 Å². The Balaban J connectivity index is 2.09. The summed E-state index contributed by atoms with van der Waals surface area (Å²) in [5.41, 5.74) is 2.26. The molecule has 0 N–H and O–H groups in total. The van der Waals surface area contributed by atoms with Crippen LogP contribution in [0.25, 0.3) is 11.0 Å². The summed E-state index contributed by atoms with van der Waals surface area (Å²) in [6.07, 6.45) is 1.06. The summed E-state index contributed by atoms with van der Waals surface area (Å²) >= 11 is 1.91. The largest absolute Gasteiger partial charge is 0.398 e. The topological polar surface area (TPSA) is 36.3 Å². The summed E-state index contributed by atoms with van der Waals surface area (Å²) in [5, 5.41) is 0. The monoisotopic (exact) mass is 337 g/mol. The van der Waals surface area contributed by atoms with Crippen molar-refractivity contribution in [1.29, 1.82) is 0 Å². The summed E-state index contributed by atoms with van der Waals surface area (Å²) in [4.78, 5) is 5.05. The number of hydrogen-bond acceptors (Lipinski definition) is 4. The van der Waals surface area contributed by atoms with Crippen LogP contribution in [0.15, 0.2) is 24.3 Å². The molecule has 0 aliphatic heterocycles. The first-order valence-corrected chi connectivity index (χ1v) is 10.3. The highest BCUT2D eigenvalue weighted by atomic mass is 32.2. The average molecular weight is 338 g/mol. The Morgan fingerprint density at radius 2 is 1.86 bits per heavy atom. The van der Waals surface area contributed by atoms with Crippen LogP contribution in [0.5, 0.6) is 0 Å². The van der Waals surface area contributed by atoms with E-state index in [4.69, 9.17) is 8.85 Å². The molecule has 1 aromatic carbocycles. The number of rotatable bonds is 9. The predicted molar refractivity (Wildman–Crippen MR) is 95.1 cm³/mol. The third kappa shape index (κ3) is 4.13. The van der Waals surface area contributed by atoms with Crippen LogP contribution in [0.3, 0.4) is 0 Å². The van der Waals surface area contributed by atoms with Crippen molar-refractivity contribution in [3.63, 3.8) is 0 Å². The summed E-state index contributed by atoms with van der Waals surface area (Å²) in [7, 11) is -1.22. The Morgan fingerprint density at radius 3 is 2.50 bits per heavy atom. The SMILES string of the molecule is CCO[Si](OCC)C(CC)SCn1c(C)nc2ccccc21. The van der Waals surface area contributed by atoms with Gasteiger partial charge in [0.25, 0.3) is 0 Å². The smallest absolute Gasteiger partial charge is 0.393 e. The lowest BCUT2D eigenvalue weighted by atomic mass is 10.3. The summed E-state index contributed by atoms with van der Waals surface area (Å²) < 4.78 is 14.0. The average Bonchev–Trinajstić information content (AvgIpc) is 2.84. The van der Waals surface area contributed by atoms with Gasteiger partial charge in [-0.05, 0) is 39.3 Å². The fourth-order valence-electron chi connectivity index (χ4n) is 2.39. The van der Waals surface area contributed by atoms with Crippen LogP contribution in [0.2, 0.25) is 0 Å². The van der Waals surface area contributed by atoms with Gasteiger partial charge in [0.1, 0.15) is 5.82 Å². The second-order valence-corrected chi connectivity index (χ2v) is 8.44. The Labute approximate surface area is 139 Å². The van der Waals surface area contributed by atoms with E-state index in [-0.39, 0.29) is 0 Å². The zero-order chi connectivity index (χ0) is 15.9. The van der Waals surface area contributed by atoms with Crippen molar-refractivity contribution in [2.45, 2.75) is 44.9 Å². The van der Waals surface area contributed by atoms with Crippen molar-refractivity contribution in [2.24, 2.45) is 0 Å². The molecule has 1 aromatic heterocycles. The maximum atomic E-state index is 5.86. The highest BCUT2D eigenvalue weighted by molar-refractivity contribution is 8.00. The van der Waals surface area contributed by atoms with E-state index in [1.54, 1.807) is 0 Å². The van der Waals surface area contributed by atoms with Gasteiger partial charge in [-0.1, -0.05) is 19.1 Å². The van der Waals surface area contributed by atoms with Crippen LogP contribution in [0, 0.1) is 6.92 Å². The quantitative estimate of drug-likeness (QED) is 0.650. The van der Waals surface area contributed by atoms with Gasteiger partial charge in [-0.3, -0.25) is 0 Å². The maximum Gasteiger partial charge on any atom is 0.398 e. The number of thioether (sulfide) groups is 1. The molecular formula is C16H25N2O2SSi. The summed E-state index contributed by atoms with van der Waals surface area (Å²) in [6, 6.07) is 8.30. The van der Waals surface area contributed by atoms with Crippen molar-refractivity contribution in [3.05, 3.63) is 30.1 Å². The van der Waals surface area contributed by atoms with Gasteiger partial charge >= 0.3 is 9.28 Å². The van der Waals surface area contributed by atoms with Crippen molar-refractivity contribution >= 4 is 32.1 Å². The number of para-hydroxylation sites is 2. The third-order valence-electron chi connectivity index (χ3n) is 3.46. The lowest BCUT2D eigenvalue weighted by Crippen LogP contribution is -2.35. The molecule has 1 heterocycles. The Hall–Kier alpha value is -0.823. The number of benzene rings is 1. The number of fused-ring (bicyclic) bond motifs is 1. The standard InChI is InChI=1S/C16H25N2O2SSi/c1-5-16(22(19-6-2)20-7-3)21-12-18-13(4)17-14-10-8-9-11-15(14)18/h8-11,16H,5-7,12H2,1-4H3. The van der Waals surface area contributed by atoms with Crippen molar-refractivity contribution in [3.8, 4) is 0 Å². The van der Waals surface area contributed by atoms with E-state index < -0.39 is 9.28 Å². The highest BCUT2D eigenvalue weighted by Crippen LogP contribution is 2.24. The first-order valence-electron chi connectivity index (χ1n) is 7.87. The van der Waals surface area contributed by atoms with Gasteiger partial charge in [-0.25, -0.2) is 4.98 Å². The van der Waals surface area contributed by atoms with Crippen LogP contribution in [-0.2, 0) is 14.7 Å². The van der Waals surface area contributed by atoms with Crippen LogP contribution in [0.4, 0.5) is 0 Å². The Morgan fingerprint density at radius 1 is 1.18 bits per heavy atom. The summed E-state index contributed by atoms with van der Waals surface area (Å²) in [5.74, 6) is 1.95. The molecule has 1 unspecified atom stereocenters. The number of imidazole rings is 1. The number of aryl methyl sites for hydroxylation is 1. The molecule has 0 saturated carbocycles. The van der Waals surface area contributed by atoms with E-state index in [0.717, 1.165) is 36.9 Å². The van der Waals surface area contributed by atoms with Crippen molar-refractivity contribution < 1.29 is 8.85 Å². The van der Waals surface area contributed by atoms with Gasteiger partial charge in [0, 0.05) is 13.2 Å². The predicted octanol–water partition coefficient (Wildman–Crippen LogP) is 3.91.